The van der Waals surface area contributed by atoms with Crippen LogP contribution >= 0.6 is 0 Å². The van der Waals surface area contributed by atoms with Gasteiger partial charge in [-0.3, -0.25) is 4.79 Å². The van der Waals surface area contributed by atoms with Crippen molar-refractivity contribution < 1.29 is 4.79 Å². The maximum absolute atomic E-state index is 12.0. The van der Waals surface area contributed by atoms with Crippen molar-refractivity contribution in [2.45, 2.75) is 13.3 Å². The third kappa shape index (κ3) is 4.33. The largest absolute Gasteiger partial charge is 0.373 e. The number of amides is 1. The fourth-order valence-corrected chi connectivity index (χ4v) is 1.52. The monoisotopic (exact) mass is 250 g/mol. The van der Waals surface area contributed by atoms with Crippen LogP contribution in [0.15, 0.2) is 12.1 Å². The van der Waals surface area contributed by atoms with E-state index in [1.165, 1.54) is 0 Å². The van der Waals surface area contributed by atoms with E-state index in [1.807, 2.05) is 32.0 Å². The average molecular weight is 250 g/mol. The number of carbonyl (C=O) groups excluding carboxylic acids is 1. The second kappa shape index (κ2) is 6.96. The summed E-state index contributed by atoms with van der Waals surface area (Å²) in [5.41, 5.74) is 1.57. The molecule has 0 saturated carbocycles. The van der Waals surface area contributed by atoms with E-state index in [-0.39, 0.29) is 5.91 Å². The Morgan fingerprint density at radius 3 is 2.67 bits per heavy atom. The minimum Gasteiger partial charge on any atom is -0.373 e. The molecule has 1 rings (SSSR count). The zero-order valence-corrected chi connectivity index (χ0v) is 11.6. The molecule has 0 atom stereocenters. The Hall–Kier alpha value is -1.62. The summed E-state index contributed by atoms with van der Waals surface area (Å²) in [7, 11) is 5.76. The molecule has 100 valence electrons. The van der Waals surface area contributed by atoms with Crippen molar-refractivity contribution in [3.63, 3.8) is 0 Å². The molecule has 1 aromatic rings. The number of nitrogens with one attached hydrogen (secondary N) is 2. The molecule has 0 saturated heterocycles. The fourth-order valence-electron chi connectivity index (χ4n) is 1.52. The molecule has 1 amide bonds. The number of aromatic nitrogens is 1. The van der Waals surface area contributed by atoms with Crippen LogP contribution in [-0.4, -0.2) is 50.0 Å². The summed E-state index contributed by atoms with van der Waals surface area (Å²) in [6, 6.07) is 3.61. The summed E-state index contributed by atoms with van der Waals surface area (Å²) in [4.78, 5) is 18.4. The first-order valence-corrected chi connectivity index (χ1v) is 6.18. The van der Waals surface area contributed by atoms with Crippen LogP contribution in [0, 0.1) is 0 Å². The quantitative estimate of drug-likeness (QED) is 0.790. The van der Waals surface area contributed by atoms with Gasteiger partial charge in [0.05, 0.1) is 0 Å². The Morgan fingerprint density at radius 1 is 1.39 bits per heavy atom. The number of anilines is 1. The van der Waals surface area contributed by atoms with Crippen LogP contribution in [0.3, 0.4) is 0 Å². The molecule has 0 spiro atoms. The van der Waals surface area contributed by atoms with Crippen LogP contribution in [0.2, 0.25) is 0 Å². The molecule has 18 heavy (non-hydrogen) atoms. The average Bonchev–Trinajstić information content (AvgIpc) is 2.37. The van der Waals surface area contributed by atoms with Gasteiger partial charge in [0.15, 0.2) is 0 Å². The lowest BCUT2D eigenvalue weighted by Gasteiger charge is -2.11. The van der Waals surface area contributed by atoms with Crippen molar-refractivity contribution in [3.05, 3.63) is 23.4 Å². The van der Waals surface area contributed by atoms with E-state index in [0.29, 0.717) is 12.1 Å². The molecule has 0 aromatic carbocycles. The number of hydrogen-bond donors (Lipinski definition) is 2. The lowest BCUT2D eigenvalue weighted by Crippen LogP contribution is -2.31. The predicted octanol–water partition coefficient (Wildman–Crippen LogP) is 0.977. The fraction of sp³-hybridized carbons (Fsp3) is 0.538. The van der Waals surface area contributed by atoms with Gasteiger partial charge in [0, 0.05) is 31.4 Å². The zero-order chi connectivity index (χ0) is 13.5. The molecule has 5 nitrogen and oxygen atoms in total. The van der Waals surface area contributed by atoms with E-state index in [0.717, 1.165) is 24.5 Å². The van der Waals surface area contributed by atoms with Crippen molar-refractivity contribution in [2.75, 3.05) is 39.5 Å². The third-order valence-electron chi connectivity index (χ3n) is 2.60. The van der Waals surface area contributed by atoms with Gasteiger partial charge in [0.1, 0.15) is 5.82 Å². The maximum Gasteiger partial charge on any atom is 0.251 e. The van der Waals surface area contributed by atoms with E-state index in [4.69, 9.17) is 0 Å². The van der Waals surface area contributed by atoms with Crippen LogP contribution in [0.5, 0.6) is 0 Å². The number of rotatable bonds is 6. The first-order valence-electron chi connectivity index (χ1n) is 6.18. The van der Waals surface area contributed by atoms with Crippen LogP contribution in [0.1, 0.15) is 23.0 Å². The highest BCUT2D eigenvalue weighted by Gasteiger charge is 2.08. The third-order valence-corrected chi connectivity index (χ3v) is 2.60. The Labute approximate surface area is 109 Å². The second-order valence-electron chi connectivity index (χ2n) is 4.40. The van der Waals surface area contributed by atoms with Gasteiger partial charge in [-0.15, -0.1) is 0 Å². The normalized spacial score (nSPS) is 10.5. The maximum atomic E-state index is 12.0. The van der Waals surface area contributed by atoms with Crippen LogP contribution in [0.4, 0.5) is 5.82 Å². The Kier molecular flexibility index (Phi) is 5.58. The van der Waals surface area contributed by atoms with Gasteiger partial charge in [-0.2, -0.15) is 0 Å². The standard InChI is InChI=1S/C13H22N4O/c1-5-11-8-10(9-12(14-2)16-11)13(18)15-6-7-17(3)4/h8-9H,5-7H2,1-4H3,(H,14,16)(H,15,18). The molecule has 0 fully saturated rings. The molecule has 0 radical (unpaired) electrons. The summed E-state index contributed by atoms with van der Waals surface area (Å²) >= 11 is 0. The van der Waals surface area contributed by atoms with Crippen molar-refractivity contribution in [2.24, 2.45) is 0 Å². The first-order chi connectivity index (χ1) is 8.56. The molecule has 0 aliphatic carbocycles. The highest BCUT2D eigenvalue weighted by Crippen LogP contribution is 2.10. The zero-order valence-electron chi connectivity index (χ0n) is 11.6. The molecule has 1 aromatic heterocycles. The molecule has 0 bridgehead atoms. The number of aryl methyl sites for hydroxylation is 1. The van der Waals surface area contributed by atoms with Gasteiger partial charge < -0.3 is 15.5 Å². The minimum atomic E-state index is -0.0505. The SMILES string of the molecule is CCc1cc(C(=O)NCCN(C)C)cc(NC)n1. The van der Waals surface area contributed by atoms with Gasteiger partial charge in [-0.25, -0.2) is 4.98 Å². The molecule has 0 aliphatic rings. The molecule has 5 heteroatoms. The molecular weight excluding hydrogens is 228 g/mol. The van der Waals surface area contributed by atoms with Gasteiger partial charge in [-0.05, 0) is 32.6 Å². The van der Waals surface area contributed by atoms with Crippen LogP contribution in [0.25, 0.3) is 0 Å². The Balaban J connectivity index is 2.72. The van der Waals surface area contributed by atoms with E-state index < -0.39 is 0 Å². The molecule has 1 heterocycles. The van der Waals surface area contributed by atoms with Gasteiger partial charge in [0.25, 0.3) is 5.91 Å². The first kappa shape index (κ1) is 14.4. The highest BCUT2D eigenvalue weighted by atomic mass is 16.1. The number of pyridine rings is 1. The van der Waals surface area contributed by atoms with Gasteiger partial charge in [-0.1, -0.05) is 6.92 Å². The van der Waals surface area contributed by atoms with E-state index in [1.54, 1.807) is 13.1 Å². The lowest BCUT2D eigenvalue weighted by atomic mass is 10.2. The number of hydrogen-bond acceptors (Lipinski definition) is 4. The van der Waals surface area contributed by atoms with Crippen molar-refractivity contribution in [1.82, 2.24) is 15.2 Å². The number of carbonyl (C=O) groups is 1. The van der Waals surface area contributed by atoms with E-state index >= 15 is 0 Å². The van der Waals surface area contributed by atoms with Gasteiger partial charge >= 0.3 is 0 Å². The smallest absolute Gasteiger partial charge is 0.251 e. The number of nitrogens with zero attached hydrogens (tertiary/aromatic N) is 2. The number of likely N-dealkylation sites (N-methyl/N-ethyl adjacent to an activating group) is 1. The van der Waals surface area contributed by atoms with Crippen LogP contribution in [-0.2, 0) is 6.42 Å². The molecule has 0 unspecified atom stereocenters. The van der Waals surface area contributed by atoms with Crippen LogP contribution < -0.4 is 10.6 Å². The molecule has 2 N–H and O–H groups in total. The summed E-state index contributed by atoms with van der Waals surface area (Å²) in [6.07, 6.45) is 0.813. The van der Waals surface area contributed by atoms with E-state index in [9.17, 15) is 4.79 Å². The molecular formula is C13H22N4O. The van der Waals surface area contributed by atoms with Crippen molar-refractivity contribution in [1.29, 1.82) is 0 Å². The second-order valence-corrected chi connectivity index (χ2v) is 4.40. The summed E-state index contributed by atoms with van der Waals surface area (Å²) in [6.45, 7) is 3.50. The van der Waals surface area contributed by atoms with Gasteiger partial charge in [0.2, 0.25) is 0 Å². The molecule has 0 aliphatic heterocycles. The summed E-state index contributed by atoms with van der Waals surface area (Å²) < 4.78 is 0. The predicted molar refractivity (Wildman–Crippen MR) is 74.0 cm³/mol. The summed E-state index contributed by atoms with van der Waals surface area (Å²) in [5, 5.41) is 5.87. The highest BCUT2D eigenvalue weighted by molar-refractivity contribution is 5.95. The Bertz CT molecular complexity index is 382. The topological polar surface area (TPSA) is 57.3 Å². The minimum absolute atomic E-state index is 0.0505. The lowest BCUT2D eigenvalue weighted by molar-refractivity contribution is 0.0951. The Morgan fingerprint density at radius 2 is 2.11 bits per heavy atom. The van der Waals surface area contributed by atoms with Crippen molar-refractivity contribution in [3.8, 4) is 0 Å². The van der Waals surface area contributed by atoms with Crippen molar-refractivity contribution >= 4 is 11.7 Å². The van der Waals surface area contributed by atoms with E-state index in [2.05, 4.69) is 15.6 Å². The summed E-state index contributed by atoms with van der Waals surface area (Å²) in [5.74, 6) is 0.678.